The number of nitrogens with one attached hydrogen (secondary N) is 1. The molecule has 0 atom stereocenters. The van der Waals surface area contributed by atoms with E-state index in [1.807, 2.05) is 11.6 Å². The highest BCUT2D eigenvalue weighted by molar-refractivity contribution is 5.51. The molecule has 1 aromatic carbocycles. The Bertz CT molecular complexity index is 476. The van der Waals surface area contributed by atoms with Crippen LogP contribution in [0.4, 0.5) is 5.69 Å². The maximum Gasteiger partial charge on any atom is 0.151 e. The zero-order valence-electron chi connectivity index (χ0n) is 10.3. The third-order valence-corrected chi connectivity index (χ3v) is 2.78. The zero-order chi connectivity index (χ0) is 12.1. The van der Waals surface area contributed by atoms with Crippen LogP contribution in [0.2, 0.25) is 0 Å². The Kier molecular flexibility index (Phi) is 3.75. The summed E-state index contributed by atoms with van der Waals surface area (Å²) < 4.78 is 1.93. The predicted octanol–water partition coefficient (Wildman–Crippen LogP) is 2.38. The number of hydrogen-bond donors (Lipinski definition) is 1. The van der Waals surface area contributed by atoms with Crippen molar-refractivity contribution in [2.24, 2.45) is 7.05 Å². The van der Waals surface area contributed by atoms with E-state index in [1.165, 1.54) is 11.3 Å². The van der Waals surface area contributed by atoms with Gasteiger partial charge in [-0.15, -0.1) is 10.2 Å². The van der Waals surface area contributed by atoms with Gasteiger partial charge in [0.15, 0.2) is 5.82 Å². The van der Waals surface area contributed by atoms with Crippen molar-refractivity contribution in [1.29, 1.82) is 0 Å². The third-order valence-electron chi connectivity index (χ3n) is 2.78. The highest BCUT2D eigenvalue weighted by atomic mass is 15.3. The van der Waals surface area contributed by atoms with E-state index in [1.54, 1.807) is 6.33 Å². The van der Waals surface area contributed by atoms with Crippen LogP contribution in [0, 0.1) is 0 Å². The molecule has 1 heterocycles. The Morgan fingerprint density at radius 1 is 1.29 bits per heavy atom. The molecule has 4 nitrogen and oxygen atoms in total. The van der Waals surface area contributed by atoms with Gasteiger partial charge >= 0.3 is 0 Å². The van der Waals surface area contributed by atoms with Crippen molar-refractivity contribution < 1.29 is 0 Å². The average molecular weight is 230 g/mol. The van der Waals surface area contributed by atoms with Crippen LogP contribution in [0.15, 0.2) is 30.6 Å². The monoisotopic (exact) mass is 230 g/mol. The van der Waals surface area contributed by atoms with Gasteiger partial charge in [-0.25, -0.2) is 0 Å². The fourth-order valence-corrected chi connectivity index (χ4v) is 1.82. The van der Waals surface area contributed by atoms with E-state index in [2.05, 4.69) is 46.7 Å². The molecule has 0 saturated carbocycles. The van der Waals surface area contributed by atoms with E-state index in [9.17, 15) is 0 Å². The van der Waals surface area contributed by atoms with Gasteiger partial charge in [0.2, 0.25) is 0 Å². The SMILES string of the molecule is CCCc1ccccc1NCc1nncn1C. The lowest BCUT2D eigenvalue weighted by Crippen LogP contribution is -2.07. The molecular weight excluding hydrogens is 212 g/mol. The number of rotatable bonds is 5. The summed E-state index contributed by atoms with van der Waals surface area (Å²) in [5.41, 5.74) is 2.55. The summed E-state index contributed by atoms with van der Waals surface area (Å²) in [6, 6.07) is 8.42. The third kappa shape index (κ3) is 2.84. The molecule has 90 valence electrons. The molecule has 0 unspecified atom stereocenters. The summed E-state index contributed by atoms with van der Waals surface area (Å²) in [5.74, 6) is 0.941. The van der Waals surface area contributed by atoms with E-state index in [-0.39, 0.29) is 0 Å². The van der Waals surface area contributed by atoms with Crippen LogP contribution in [0.1, 0.15) is 24.7 Å². The largest absolute Gasteiger partial charge is 0.378 e. The van der Waals surface area contributed by atoms with Gasteiger partial charge in [0, 0.05) is 12.7 Å². The molecular formula is C13H18N4. The summed E-state index contributed by atoms with van der Waals surface area (Å²) in [5, 5.41) is 11.3. The normalized spacial score (nSPS) is 10.5. The molecule has 0 aliphatic heterocycles. The van der Waals surface area contributed by atoms with Crippen LogP contribution in [0.5, 0.6) is 0 Å². The first-order valence-corrected chi connectivity index (χ1v) is 5.96. The number of para-hydroxylation sites is 1. The molecule has 0 amide bonds. The number of hydrogen-bond acceptors (Lipinski definition) is 3. The molecule has 4 heteroatoms. The first-order valence-electron chi connectivity index (χ1n) is 5.96. The summed E-state index contributed by atoms with van der Waals surface area (Å²) in [7, 11) is 1.95. The van der Waals surface area contributed by atoms with Crippen molar-refractivity contribution in [3.05, 3.63) is 42.0 Å². The zero-order valence-corrected chi connectivity index (χ0v) is 10.3. The molecule has 1 aromatic heterocycles. The van der Waals surface area contributed by atoms with Crippen molar-refractivity contribution in [3.63, 3.8) is 0 Å². The van der Waals surface area contributed by atoms with Crippen molar-refractivity contribution in [2.75, 3.05) is 5.32 Å². The molecule has 0 spiro atoms. The summed E-state index contributed by atoms with van der Waals surface area (Å²) in [4.78, 5) is 0. The second-order valence-electron chi connectivity index (χ2n) is 4.12. The lowest BCUT2D eigenvalue weighted by molar-refractivity contribution is 0.810. The van der Waals surface area contributed by atoms with Gasteiger partial charge in [0.1, 0.15) is 6.33 Å². The van der Waals surface area contributed by atoms with Gasteiger partial charge in [-0.1, -0.05) is 31.5 Å². The van der Waals surface area contributed by atoms with E-state index in [0.29, 0.717) is 6.54 Å². The van der Waals surface area contributed by atoms with Crippen molar-refractivity contribution in [2.45, 2.75) is 26.3 Å². The maximum atomic E-state index is 4.06. The summed E-state index contributed by atoms with van der Waals surface area (Å²) in [6.07, 6.45) is 3.97. The smallest absolute Gasteiger partial charge is 0.151 e. The second kappa shape index (κ2) is 5.48. The standard InChI is InChI=1S/C13H18N4/c1-3-6-11-7-4-5-8-12(11)14-9-13-16-15-10-17(13)2/h4-5,7-8,10,14H,3,6,9H2,1-2H3. The van der Waals surface area contributed by atoms with E-state index < -0.39 is 0 Å². The maximum absolute atomic E-state index is 4.06. The summed E-state index contributed by atoms with van der Waals surface area (Å²) >= 11 is 0. The van der Waals surface area contributed by atoms with Crippen LogP contribution in [0.3, 0.4) is 0 Å². The molecule has 0 aliphatic rings. The van der Waals surface area contributed by atoms with Gasteiger partial charge < -0.3 is 9.88 Å². The Morgan fingerprint density at radius 2 is 2.12 bits per heavy atom. The molecule has 0 fully saturated rings. The Balaban J connectivity index is 2.06. The molecule has 2 rings (SSSR count). The Hall–Kier alpha value is -1.84. The lowest BCUT2D eigenvalue weighted by atomic mass is 10.1. The van der Waals surface area contributed by atoms with Gasteiger partial charge in [-0.2, -0.15) is 0 Å². The van der Waals surface area contributed by atoms with Crippen molar-refractivity contribution in [1.82, 2.24) is 14.8 Å². The topological polar surface area (TPSA) is 42.7 Å². The van der Waals surface area contributed by atoms with E-state index >= 15 is 0 Å². The molecule has 0 radical (unpaired) electrons. The highest BCUT2D eigenvalue weighted by Gasteiger charge is 2.03. The minimum absolute atomic E-state index is 0.706. The van der Waals surface area contributed by atoms with Crippen LogP contribution >= 0.6 is 0 Å². The quantitative estimate of drug-likeness (QED) is 0.857. The van der Waals surface area contributed by atoms with Crippen LogP contribution in [-0.2, 0) is 20.0 Å². The number of benzene rings is 1. The summed E-state index contributed by atoms with van der Waals surface area (Å²) in [6.45, 7) is 2.90. The molecule has 2 aromatic rings. The molecule has 0 bridgehead atoms. The van der Waals surface area contributed by atoms with Gasteiger partial charge in [-0.05, 0) is 18.1 Å². The Labute approximate surface area is 102 Å². The van der Waals surface area contributed by atoms with Crippen LogP contribution < -0.4 is 5.32 Å². The minimum Gasteiger partial charge on any atom is -0.378 e. The van der Waals surface area contributed by atoms with Gasteiger partial charge in [-0.3, -0.25) is 0 Å². The minimum atomic E-state index is 0.706. The van der Waals surface area contributed by atoms with Crippen molar-refractivity contribution >= 4 is 5.69 Å². The van der Waals surface area contributed by atoms with E-state index in [0.717, 1.165) is 18.7 Å². The predicted molar refractivity (Wildman–Crippen MR) is 68.8 cm³/mol. The van der Waals surface area contributed by atoms with Gasteiger partial charge in [0.25, 0.3) is 0 Å². The molecule has 1 N–H and O–H groups in total. The first kappa shape index (κ1) is 11.6. The highest BCUT2D eigenvalue weighted by Crippen LogP contribution is 2.17. The number of anilines is 1. The van der Waals surface area contributed by atoms with E-state index in [4.69, 9.17) is 0 Å². The Morgan fingerprint density at radius 3 is 2.82 bits per heavy atom. The lowest BCUT2D eigenvalue weighted by Gasteiger charge is -2.10. The van der Waals surface area contributed by atoms with Gasteiger partial charge in [0.05, 0.1) is 6.54 Å². The number of aromatic nitrogens is 3. The average Bonchev–Trinajstić information content (AvgIpc) is 2.74. The molecule has 17 heavy (non-hydrogen) atoms. The van der Waals surface area contributed by atoms with Crippen LogP contribution in [0.25, 0.3) is 0 Å². The molecule has 0 aliphatic carbocycles. The number of aryl methyl sites for hydroxylation is 2. The van der Waals surface area contributed by atoms with Crippen molar-refractivity contribution in [3.8, 4) is 0 Å². The van der Waals surface area contributed by atoms with Crippen LogP contribution in [-0.4, -0.2) is 14.8 Å². The first-order chi connectivity index (χ1) is 8.31. The fourth-order valence-electron chi connectivity index (χ4n) is 1.82. The number of nitrogens with zero attached hydrogens (tertiary/aromatic N) is 3. The fraction of sp³-hybridized carbons (Fsp3) is 0.385. The molecule has 0 saturated heterocycles. The second-order valence-corrected chi connectivity index (χ2v) is 4.12.